The average molecular weight is 263 g/mol. The summed E-state index contributed by atoms with van der Waals surface area (Å²) in [4.78, 5) is 8.83. The molecule has 104 valence electrons. The Labute approximate surface area is 113 Å². The maximum atomic E-state index is 8.58. The lowest BCUT2D eigenvalue weighted by molar-refractivity contribution is 0.318. The molecule has 1 aliphatic heterocycles. The number of nitrogens with zero attached hydrogens (tertiary/aromatic N) is 4. The number of rotatable bonds is 5. The van der Waals surface area contributed by atoms with Crippen molar-refractivity contribution in [1.82, 2.24) is 9.88 Å². The van der Waals surface area contributed by atoms with Crippen LogP contribution in [0.3, 0.4) is 0 Å². The van der Waals surface area contributed by atoms with Crippen molar-refractivity contribution < 1.29 is 5.21 Å². The number of hydrogen-bond acceptors (Lipinski definition) is 5. The minimum atomic E-state index is 0.0336. The van der Waals surface area contributed by atoms with Crippen LogP contribution in [0, 0.1) is 0 Å². The molecule has 0 amide bonds. The zero-order valence-electron chi connectivity index (χ0n) is 11.3. The van der Waals surface area contributed by atoms with Gasteiger partial charge in [0.25, 0.3) is 0 Å². The monoisotopic (exact) mass is 263 g/mol. The molecule has 1 fully saturated rings. The molecule has 1 aromatic heterocycles. The molecule has 6 nitrogen and oxygen atoms in total. The van der Waals surface area contributed by atoms with E-state index in [1.165, 1.54) is 25.9 Å². The van der Waals surface area contributed by atoms with Crippen molar-refractivity contribution in [3.63, 3.8) is 0 Å². The van der Waals surface area contributed by atoms with Crippen LogP contribution in [0.4, 0.5) is 5.69 Å². The van der Waals surface area contributed by atoms with Crippen LogP contribution in [0.1, 0.15) is 18.5 Å². The van der Waals surface area contributed by atoms with Crippen LogP contribution in [0.15, 0.2) is 23.5 Å². The van der Waals surface area contributed by atoms with Gasteiger partial charge in [0.2, 0.25) is 0 Å². The highest BCUT2D eigenvalue weighted by Crippen LogP contribution is 2.12. The van der Waals surface area contributed by atoms with Crippen LogP contribution in [-0.4, -0.2) is 54.2 Å². The maximum absolute atomic E-state index is 8.58. The van der Waals surface area contributed by atoms with E-state index in [2.05, 4.69) is 27.0 Å². The van der Waals surface area contributed by atoms with Crippen molar-refractivity contribution in [3.05, 3.63) is 24.0 Å². The second kappa shape index (κ2) is 6.38. The highest BCUT2D eigenvalue weighted by molar-refractivity contribution is 5.95. The molecule has 0 radical (unpaired) electrons. The van der Waals surface area contributed by atoms with Gasteiger partial charge in [0.1, 0.15) is 5.69 Å². The Bertz CT molecular complexity index is 425. The van der Waals surface area contributed by atoms with E-state index in [-0.39, 0.29) is 5.84 Å². The molecule has 0 unspecified atom stereocenters. The van der Waals surface area contributed by atoms with Gasteiger partial charge in [-0.1, -0.05) is 5.16 Å². The third-order valence-corrected chi connectivity index (χ3v) is 3.51. The molecular weight excluding hydrogens is 242 g/mol. The Morgan fingerprint density at radius 1 is 1.47 bits per heavy atom. The van der Waals surface area contributed by atoms with Crippen LogP contribution in [0.2, 0.25) is 0 Å². The first kappa shape index (κ1) is 13.6. The van der Waals surface area contributed by atoms with Gasteiger partial charge in [0.15, 0.2) is 5.84 Å². The first-order valence-corrected chi connectivity index (χ1v) is 6.58. The minimum absolute atomic E-state index is 0.0336. The molecule has 1 aromatic rings. The van der Waals surface area contributed by atoms with E-state index in [1.54, 1.807) is 12.3 Å². The van der Waals surface area contributed by atoms with E-state index in [0.29, 0.717) is 5.69 Å². The Balaban J connectivity index is 1.89. The zero-order valence-corrected chi connectivity index (χ0v) is 11.3. The normalized spacial score (nSPS) is 16.8. The largest absolute Gasteiger partial charge is 0.409 e. The summed E-state index contributed by atoms with van der Waals surface area (Å²) in [6.45, 7) is 4.49. The van der Waals surface area contributed by atoms with Gasteiger partial charge in [0, 0.05) is 20.1 Å². The van der Waals surface area contributed by atoms with Gasteiger partial charge in [-0.25, -0.2) is 0 Å². The molecule has 0 saturated carbocycles. The molecule has 3 N–H and O–H groups in total. The van der Waals surface area contributed by atoms with Gasteiger partial charge in [-0.3, -0.25) is 4.98 Å². The number of likely N-dealkylation sites (N-methyl/N-ethyl adjacent to an activating group) is 1. The molecule has 0 spiro atoms. The molecule has 0 aromatic carbocycles. The third-order valence-electron chi connectivity index (χ3n) is 3.51. The summed E-state index contributed by atoms with van der Waals surface area (Å²) in [5.74, 6) is 0.0336. The number of hydrogen-bond donors (Lipinski definition) is 2. The van der Waals surface area contributed by atoms with Crippen LogP contribution in [0.25, 0.3) is 0 Å². The summed E-state index contributed by atoms with van der Waals surface area (Å²) in [6.07, 6.45) is 4.39. The molecule has 0 aliphatic carbocycles. The highest BCUT2D eigenvalue weighted by atomic mass is 16.4. The number of amidine groups is 1. The van der Waals surface area contributed by atoms with E-state index in [4.69, 9.17) is 10.9 Å². The van der Waals surface area contributed by atoms with Crippen molar-refractivity contribution in [2.45, 2.75) is 12.8 Å². The molecule has 1 aliphatic rings. The topological polar surface area (TPSA) is 78.0 Å². The van der Waals surface area contributed by atoms with Crippen LogP contribution < -0.4 is 10.6 Å². The fourth-order valence-electron chi connectivity index (χ4n) is 2.24. The van der Waals surface area contributed by atoms with Crippen LogP contribution in [0.5, 0.6) is 0 Å². The van der Waals surface area contributed by atoms with Gasteiger partial charge in [-0.05, 0) is 38.1 Å². The predicted molar refractivity (Wildman–Crippen MR) is 75.7 cm³/mol. The predicted octanol–water partition coefficient (Wildman–Crippen LogP) is 0.708. The molecule has 0 bridgehead atoms. The molecule has 6 heteroatoms. The summed E-state index contributed by atoms with van der Waals surface area (Å²) < 4.78 is 0. The van der Waals surface area contributed by atoms with Crippen molar-refractivity contribution in [1.29, 1.82) is 0 Å². The van der Waals surface area contributed by atoms with Crippen LogP contribution in [-0.2, 0) is 0 Å². The number of likely N-dealkylation sites (tertiary alicyclic amines) is 1. The first-order valence-electron chi connectivity index (χ1n) is 6.58. The van der Waals surface area contributed by atoms with E-state index >= 15 is 0 Å². The Hall–Kier alpha value is -1.82. The second-order valence-corrected chi connectivity index (χ2v) is 4.86. The molecule has 2 rings (SSSR count). The van der Waals surface area contributed by atoms with E-state index in [1.807, 2.05) is 6.07 Å². The average Bonchev–Trinajstić information content (AvgIpc) is 2.97. The Kier molecular flexibility index (Phi) is 4.57. The lowest BCUT2D eigenvalue weighted by atomic mass is 10.3. The fraction of sp³-hybridized carbons (Fsp3) is 0.538. The van der Waals surface area contributed by atoms with Crippen molar-refractivity contribution in [3.8, 4) is 0 Å². The number of anilines is 1. The third kappa shape index (κ3) is 3.57. The van der Waals surface area contributed by atoms with Gasteiger partial charge >= 0.3 is 0 Å². The van der Waals surface area contributed by atoms with E-state index in [0.717, 1.165) is 18.8 Å². The number of aromatic nitrogens is 1. The zero-order chi connectivity index (χ0) is 13.7. The maximum Gasteiger partial charge on any atom is 0.188 e. The summed E-state index contributed by atoms with van der Waals surface area (Å²) >= 11 is 0. The lowest BCUT2D eigenvalue weighted by Crippen LogP contribution is -2.31. The molecule has 0 atom stereocenters. The summed E-state index contributed by atoms with van der Waals surface area (Å²) in [6, 6.07) is 3.70. The van der Waals surface area contributed by atoms with Gasteiger partial charge in [0.05, 0.1) is 11.9 Å². The number of nitrogens with two attached hydrogens (primary N) is 1. The van der Waals surface area contributed by atoms with E-state index < -0.39 is 0 Å². The first-order chi connectivity index (χ1) is 9.20. The molecular formula is C13H21N5O. The van der Waals surface area contributed by atoms with Crippen LogP contribution >= 0.6 is 0 Å². The van der Waals surface area contributed by atoms with Crippen molar-refractivity contribution in [2.75, 3.05) is 38.1 Å². The lowest BCUT2D eigenvalue weighted by Gasteiger charge is -2.22. The van der Waals surface area contributed by atoms with Crippen molar-refractivity contribution >= 4 is 11.5 Å². The van der Waals surface area contributed by atoms with Gasteiger partial charge in [-0.2, -0.15) is 0 Å². The Morgan fingerprint density at radius 3 is 2.79 bits per heavy atom. The second-order valence-electron chi connectivity index (χ2n) is 4.86. The van der Waals surface area contributed by atoms with Gasteiger partial charge in [-0.15, -0.1) is 0 Å². The SMILES string of the molecule is CN(CCN1CCCC1)c1ccc(/C(N)=N/O)nc1. The molecule has 1 saturated heterocycles. The summed E-state index contributed by atoms with van der Waals surface area (Å²) in [5.41, 5.74) is 7.00. The summed E-state index contributed by atoms with van der Waals surface area (Å²) in [5, 5.41) is 11.5. The van der Waals surface area contributed by atoms with Crippen molar-refractivity contribution in [2.24, 2.45) is 10.9 Å². The molecule has 19 heavy (non-hydrogen) atoms. The standard InChI is InChI=1S/C13H21N5O/c1-17(8-9-18-6-2-3-7-18)11-4-5-12(15-10-11)13(14)16-19/h4-5,10,19H,2-3,6-9H2,1H3,(H2,14,16). The molecule has 2 heterocycles. The quantitative estimate of drug-likeness (QED) is 0.354. The Morgan fingerprint density at radius 2 is 2.21 bits per heavy atom. The number of oxime groups is 1. The number of pyridine rings is 1. The van der Waals surface area contributed by atoms with E-state index in [9.17, 15) is 0 Å². The minimum Gasteiger partial charge on any atom is -0.409 e. The fourth-order valence-corrected chi connectivity index (χ4v) is 2.24. The highest BCUT2D eigenvalue weighted by Gasteiger charge is 2.12. The smallest absolute Gasteiger partial charge is 0.188 e. The summed E-state index contributed by atoms with van der Waals surface area (Å²) in [7, 11) is 2.05. The van der Waals surface area contributed by atoms with Gasteiger partial charge < -0.3 is 20.7 Å².